The number of hydrogen-bond donors (Lipinski definition) is 0. The molecule has 0 unspecified atom stereocenters. The first-order chi connectivity index (χ1) is 25.8. The van der Waals surface area contributed by atoms with Crippen molar-refractivity contribution in [2.24, 2.45) is 0 Å². The third-order valence-corrected chi connectivity index (χ3v) is 12.7. The van der Waals surface area contributed by atoms with Crippen LogP contribution in [0.3, 0.4) is 0 Å². The van der Waals surface area contributed by atoms with Crippen LogP contribution in [0.25, 0.3) is 75.6 Å². The van der Waals surface area contributed by atoms with Crippen molar-refractivity contribution in [2.75, 3.05) is 4.90 Å². The molecule has 6 heteroatoms. The predicted octanol–water partition coefficient (Wildman–Crippen LogP) is 10.5. The number of furan rings is 1. The van der Waals surface area contributed by atoms with Gasteiger partial charge in [-0.25, -0.2) is 0 Å². The van der Waals surface area contributed by atoms with E-state index in [9.17, 15) is 0 Å². The SMILES string of the molecule is c1ccc(N(c2ccccc2)c2cc3c4c(c2)-n2c5c(cccc5c5sc6ccccc6c52)B4c2cccc4c5oc6ccccc6c5n-3c24)cc1. The van der Waals surface area contributed by atoms with E-state index >= 15 is 0 Å². The molecule has 7 aromatic carbocycles. The van der Waals surface area contributed by atoms with Gasteiger partial charge in [-0.1, -0.05) is 97.1 Å². The predicted molar refractivity (Wildman–Crippen MR) is 220 cm³/mol. The third kappa shape index (κ3) is 3.25. The highest BCUT2D eigenvalue weighted by Crippen LogP contribution is 2.47. The molecule has 52 heavy (non-hydrogen) atoms. The van der Waals surface area contributed by atoms with Crippen molar-refractivity contribution in [2.45, 2.75) is 0 Å². The van der Waals surface area contributed by atoms with Gasteiger partial charge in [-0.2, -0.15) is 0 Å². The second kappa shape index (κ2) is 9.63. The molecule has 2 aliphatic heterocycles. The van der Waals surface area contributed by atoms with Crippen LogP contribution >= 0.6 is 11.3 Å². The fourth-order valence-corrected chi connectivity index (χ4v) is 10.7. The normalized spacial score (nSPS) is 13.0. The highest BCUT2D eigenvalue weighted by Gasteiger charge is 2.42. The van der Waals surface area contributed by atoms with Gasteiger partial charge >= 0.3 is 0 Å². The zero-order chi connectivity index (χ0) is 33.7. The lowest BCUT2D eigenvalue weighted by Crippen LogP contribution is -2.59. The van der Waals surface area contributed by atoms with Crippen LogP contribution in [0.5, 0.6) is 0 Å². The topological polar surface area (TPSA) is 26.2 Å². The number of hydrogen-bond acceptors (Lipinski definition) is 3. The molecular weight excluding hydrogens is 653 g/mol. The van der Waals surface area contributed by atoms with Gasteiger partial charge in [0.1, 0.15) is 11.1 Å². The number of anilines is 3. The van der Waals surface area contributed by atoms with Crippen LogP contribution in [0, 0.1) is 0 Å². The van der Waals surface area contributed by atoms with Gasteiger partial charge in [0.15, 0.2) is 5.58 Å². The van der Waals surface area contributed by atoms with E-state index in [1.54, 1.807) is 0 Å². The summed E-state index contributed by atoms with van der Waals surface area (Å²) in [6, 6.07) is 57.6. The number of aromatic nitrogens is 2. The fourth-order valence-electron chi connectivity index (χ4n) is 9.52. The molecule has 11 aromatic rings. The molecule has 0 aliphatic carbocycles. The minimum absolute atomic E-state index is 0.0638. The Morgan fingerprint density at radius 2 is 1.06 bits per heavy atom. The van der Waals surface area contributed by atoms with Crippen LogP contribution in [0.1, 0.15) is 0 Å². The number of rotatable bonds is 3. The second-order valence-corrected chi connectivity index (χ2v) is 15.1. The summed E-state index contributed by atoms with van der Waals surface area (Å²) in [5.74, 6) is 0. The lowest BCUT2D eigenvalue weighted by atomic mass is 9.34. The Bertz CT molecular complexity index is 3100. The Hall–Kier alpha value is -6.50. The molecule has 0 saturated carbocycles. The molecule has 0 bridgehead atoms. The lowest BCUT2D eigenvalue weighted by Gasteiger charge is -2.35. The van der Waals surface area contributed by atoms with E-state index in [0.29, 0.717) is 0 Å². The number of para-hydroxylation sites is 5. The van der Waals surface area contributed by atoms with Crippen molar-refractivity contribution in [3.63, 3.8) is 0 Å². The van der Waals surface area contributed by atoms with Gasteiger partial charge in [-0.05, 0) is 77.1 Å². The van der Waals surface area contributed by atoms with Gasteiger partial charge in [0.05, 0.1) is 26.9 Å². The van der Waals surface area contributed by atoms with Gasteiger partial charge in [0.2, 0.25) is 0 Å². The molecule has 0 atom stereocenters. The molecule has 2 aliphatic rings. The summed E-state index contributed by atoms with van der Waals surface area (Å²) in [7, 11) is 0. The van der Waals surface area contributed by atoms with Crippen molar-refractivity contribution in [1.82, 2.24) is 9.13 Å². The van der Waals surface area contributed by atoms with Crippen LogP contribution in [0.15, 0.2) is 162 Å². The molecule has 240 valence electrons. The standard InChI is InChI=1S/C46H26BN3OS/c1-3-13-27(14-4-1)48(28-15-5-2-6-16-28)29-25-36-40-37(26-29)50-42-33(46-44(50)31-18-8-10-24-39(31)52-46)20-12-22-35(42)47(40)34-21-11-19-32-41(34)49(36)43-30-17-7-9-23-38(30)51-45(32)43/h1-26H. The Morgan fingerprint density at radius 1 is 0.481 bits per heavy atom. The monoisotopic (exact) mass is 679 g/mol. The van der Waals surface area contributed by atoms with Crippen molar-refractivity contribution in [1.29, 1.82) is 0 Å². The number of fused-ring (bicyclic) bond motifs is 14. The van der Waals surface area contributed by atoms with E-state index < -0.39 is 0 Å². The zero-order valence-corrected chi connectivity index (χ0v) is 28.6. The Morgan fingerprint density at radius 3 is 1.79 bits per heavy atom. The number of benzene rings is 7. The minimum Gasteiger partial charge on any atom is -0.454 e. The van der Waals surface area contributed by atoms with Crippen molar-refractivity contribution in [3.05, 3.63) is 158 Å². The Balaban J connectivity index is 1.27. The van der Waals surface area contributed by atoms with Crippen molar-refractivity contribution >= 4 is 116 Å². The van der Waals surface area contributed by atoms with Crippen LogP contribution in [0.4, 0.5) is 17.1 Å². The maximum Gasteiger partial charge on any atom is 0.252 e. The van der Waals surface area contributed by atoms with Crippen molar-refractivity contribution < 1.29 is 4.42 Å². The minimum atomic E-state index is 0.0638. The van der Waals surface area contributed by atoms with E-state index in [4.69, 9.17) is 4.42 Å². The Labute approximate surface area is 302 Å². The molecule has 0 radical (unpaired) electrons. The van der Waals surface area contributed by atoms with E-state index in [1.807, 2.05) is 11.3 Å². The van der Waals surface area contributed by atoms with E-state index in [-0.39, 0.29) is 6.71 Å². The van der Waals surface area contributed by atoms with Gasteiger partial charge < -0.3 is 18.5 Å². The lowest BCUT2D eigenvalue weighted by molar-refractivity contribution is 0.673. The second-order valence-electron chi connectivity index (χ2n) is 14.0. The molecule has 4 nitrogen and oxygen atoms in total. The number of nitrogens with zero attached hydrogens (tertiary/aromatic N) is 3. The molecule has 0 spiro atoms. The first kappa shape index (κ1) is 27.3. The van der Waals surface area contributed by atoms with Crippen molar-refractivity contribution in [3.8, 4) is 11.4 Å². The van der Waals surface area contributed by atoms with E-state index in [1.165, 1.54) is 64.5 Å². The first-order valence-corrected chi connectivity index (χ1v) is 18.6. The average molecular weight is 680 g/mol. The molecular formula is C46H26BN3OS. The molecule has 0 amide bonds. The van der Waals surface area contributed by atoms with Crippen LogP contribution < -0.4 is 21.3 Å². The average Bonchev–Trinajstić information content (AvgIpc) is 3.94. The highest BCUT2D eigenvalue weighted by atomic mass is 32.1. The summed E-state index contributed by atoms with van der Waals surface area (Å²) < 4.78 is 14.5. The largest absolute Gasteiger partial charge is 0.454 e. The van der Waals surface area contributed by atoms with E-state index in [0.717, 1.165) is 44.5 Å². The van der Waals surface area contributed by atoms with Gasteiger partial charge in [0.25, 0.3) is 6.71 Å². The summed E-state index contributed by atoms with van der Waals surface area (Å²) in [6.07, 6.45) is 0. The molecule has 6 heterocycles. The summed E-state index contributed by atoms with van der Waals surface area (Å²) in [4.78, 5) is 2.40. The maximum absolute atomic E-state index is 6.74. The van der Waals surface area contributed by atoms with Gasteiger partial charge in [-0.3, -0.25) is 0 Å². The smallest absolute Gasteiger partial charge is 0.252 e. The summed E-state index contributed by atoms with van der Waals surface area (Å²) in [5, 5.41) is 4.91. The molecule has 0 saturated heterocycles. The van der Waals surface area contributed by atoms with E-state index in [2.05, 4.69) is 172 Å². The zero-order valence-electron chi connectivity index (χ0n) is 27.7. The highest BCUT2D eigenvalue weighted by molar-refractivity contribution is 7.26. The first-order valence-electron chi connectivity index (χ1n) is 17.8. The number of thiophene rings is 1. The molecule has 0 fully saturated rings. The molecule has 4 aromatic heterocycles. The third-order valence-electron chi connectivity index (χ3n) is 11.5. The van der Waals surface area contributed by atoms with Gasteiger partial charge in [-0.15, -0.1) is 11.3 Å². The van der Waals surface area contributed by atoms with Crippen LogP contribution in [-0.2, 0) is 0 Å². The summed E-state index contributed by atoms with van der Waals surface area (Å²) >= 11 is 1.91. The van der Waals surface area contributed by atoms with Crippen LogP contribution in [0.2, 0.25) is 0 Å². The maximum atomic E-state index is 6.74. The fraction of sp³-hybridized carbons (Fsp3) is 0. The molecule has 0 N–H and O–H groups in total. The molecule has 13 rings (SSSR count). The van der Waals surface area contributed by atoms with Crippen LogP contribution in [-0.4, -0.2) is 15.8 Å². The summed E-state index contributed by atoms with van der Waals surface area (Å²) in [6.45, 7) is 0.0638. The quantitative estimate of drug-likeness (QED) is 0.174. The summed E-state index contributed by atoms with van der Waals surface area (Å²) in [5.41, 5.74) is 16.6. The van der Waals surface area contributed by atoms with Gasteiger partial charge in [0, 0.05) is 49.0 Å². The Kier molecular flexibility index (Phi) is 5.05.